The van der Waals surface area contributed by atoms with Crippen molar-refractivity contribution in [1.82, 2.24) is 5.32 Å². The Bertz CT molecular complexity index is 245. The van der Waals surface area contributed by atoms with Crippen LogP contribution in [0.15, 0.2) is 0 Å². The van der Waals surface area contributed by atoms with Crippen LogP contribution in [0.3, 0.4) is 0 Å². The normalized spacial score (nSPS) is 26.1. The number of rotatable bonds is 6. The monoisotopic (exact) mass is 255 g/mol. The maximum atomic E-state index is 11.7. The Labute approximate surface area is 112 Å². The Morgan fingerprint density at radius 3 is 2.33 bits per heavy atom. The summed E-state index contributed by atoms with van der Waals surface area (Å²) in [5.74, 6) is 1.06. The highest BCUT2D eigenvalue weighted by molar-refractivity contribution is 5.75. The first-order valence-corrected chi connectivity index (χ1v) is 7.42. The van der Waals surface area contributed by atoms with Crippen molar-refractivity contribution >= 4 is 5.97 Å². The molecule has 1 saturated carbocycles. The van der Waals surface area contributed by atoms with Crippen LogP contribution < -0.4 is 5.32 Å². The van der Waals surface area contributed by atoms with Crippen molar-refractivity contribution in [2.24, 2.45) is 11.8 Å². The fourth-order valence-corrected chi connectivity index (χ4v) is 2.94. The van der Waals surface area contributed by atoms with Crippen LogP contribution in [-0.4, -0.2) is 25.2 Å². The second-order valence-electron chi connectivity index (χ2n) is 5.92. The minimum atomic E-state index is -0.150. The Balaban J connectivity index is 2.40. The summed E-state index contributed by atoms with van der Waals surface area (Å²) in [6, 6.07) is 0.340. The lowest BCUT2D eigenvalue weighted by molar-refractivity contribution is -0.144. The van der Waals surface area contributed by atoms with E-state index in [0.717, 1.165) is 5.92 Å². The number of methoxy groups -OCH3 is 1. The van der Waals surface area contributed by atoms with E-state index >= 15 is 0 Å². The molecule has 1 atom stereocenters. The summed E-state index contributed by atoms with van der Waals surface area (Å²) in [6.07, 6.45) is 7.65. The smallest absolute Gasteiger partial charge is 0.323 e. The van der Waals surface area contributed by atoms with Gasteiger partial charge in [-0.25, -0.2) is 0 Å². The molecule has 0 aromatic heterocycles. The molecule has 0 aromatic carbocycles. The van der Waals surface area contributed by atoms with Crippen LogP contribution in [0.5, 0.6) is 0 Å². The summed E-state index contributed by atoms with van der Waals surface area (Å²) in [7, 11) is 1.47. The lowest BCUT2D eigenvalue weighted by Gasteiger charge is -2.32. The molecule has 1 aliphatic carbocycles. The van der Waals surface area contributed by atoms with Crippen LogP contribution in [0.2, 0.25) is 0 Å². The maximum absolute atomic E-state index is 11.7. The van der Waals surface area contributed by atoms with Crippen molar-refractivity contribution in [1.29, 1.82) is 0 Å². The Morgan fingerprint density at radius 2 is 1.89 bits per heavy atom. The minimum Gasteiger partial charge on any atom is -0.468 e. The fraction of sp³-hybridized carbons (Fsp3) is 0.933. The van der Waals surface area contributed by atoms with Crippen LogP contribution in [0, 0.1) is 11.8 Å². The summed E-state index contributed by atoms with van der Waals surface area (Å²) >= 11 is 0. The zero-order valence-electron chi connectivity index (χ0n) is 12.4. The number of carbonyl (C=O) groups is 1. The van der Waals surface area contributed by atoms with Crippen LogP contribution >= 0.6 is 0 Å². The average Bonchev–Trinajstić information content (AvgIpc) is 2.37. The summed E-state index contributed by atoms with van der Waals surface area (Å²) < 4.78 is 4.87. The highest BCUT2D eigenvalue weighted by Crippen LogP contribution is 2.28. The van der Waals surface area contributed by atoms with Gasteiger partial charge in [-0.15, -0.1) is 0 Å². The molecule has 0 unspecified atom stereocenters. The van der Waals surface area contributed by atoms with Crippen LogP contribution in [0.25, 0.3) is 0 Å². The van der Waals surface area contributed by atoms with Gasteiger partial charge in [0.1, 0.15) is 6.04 Å². The lowest BCUT2D eigenvalue weighted by Crippen LogP contribution is -2.48. The van der Waals surface area contributed by atoms with Gasteiger partial charge in [-0.05, 0) is 37.5 Å². The molecule has 0 bridgehead atoms. The zero-order valence-corrected chi connectivity index (χ0v) is 12.4. The quantitative estimate of drug-likeness (QED) is 0.741. The van der Waals surface area contributed by atoms with Gasteiger partial charge in [0, 0.05) is 6.04 Å². The van der Waals surface area contributed by atoms with E-state index in [1.807, 2.05) is 0 Å². The van der Waals surface area contributed by atoms with E-state index in [9.17, 15) is 4.79 Å². The van der Waals surface area contributed by atoms with Crippen molar-refractivity contribution in [3.8, 4) is 0 Å². The minimum absolute atomic E-state index is 0.124. The third kappa shape index (κ3) is 4.60. The van der Waals surface area contributed by atoms with E-state index in [0.29, 0.717) is 6.04 Å². The number of carbonyl (C=O) groups excluding carboxylic acids is 1. The topological polar surface area (TPSA) is 38.3 Å². The van der Waals surface area contributed by atoms with Gasteiger partial charge in [-0.3, -0.25) is 4.79 Å². The summed E-state index contributed by atoms with van der Waals surface area (Å²) in [4.78, 5) is 11.7. The van der Waals surface area contributed by atoms with E-state index in [-0.39, 0.29) is 17.9 Å². The first kappa shape index (κ1) is 15.5. The maximum Gasteiger partial charge on any atom is 0.323 e. The SMILES string of the molecule is CCCC1CCC(N[C@@H](C(=O)OC)C(C)C)CC1. The molecule has 0 radical (unpaired) electrons. The molecular formula is C15H29NO2. The summed E-state index contributed by atoms with van der Waals surface area (Å²) in [6.45, 7) is 6.39. The van der Waals surface area contributed by atoms with E-state index in [2.05, 4.69) is 26.1 Å². The summed E-state index contributed by atoms with van der Waals surface area (Å²) in [5.41, 5.74) is 0. The van der Waals surface area contributed by atoms with Gasteiger partial charge >= 0.3 is 5.97 Å². The Hall–Kier alpha value is -0.570. The van der Waals surface area contributed by atoms with Gasteiger partial charge in [0.05, 0.1) is 7.11 Å². The molecule has 1 fully saturated rings. The van der Waals surface area contributed by atoms with Gasteiger partial charge in [0.2, 0.25) is 0 Å². The van der Waals surface area contributed by atoms with Gasteiger partial charge in [-0.1, -0.05) is 33.6 Å². The second-order valence-corrected chi connectivity index (χ2v) is 5.92. The second kappa shape index (κ2) is 7.78. The first-order valence-electron chi connectivity index (χ1n) is 7.42. The van der Waals surface area contributed by atoms with Crippen LogP contribution in [-0.2, 0) is 9.53 Å². The van der Waals surface area contributed by atoms with E-state index < -0.39 is 0 Å². The molecule has 3 heteroatoms. The predicted octanol–water partition coefficient (Wildman–Crippen LogP) is 3.13. The van der Waals surface area contributed by atoms with Gasteiger partial charge in [0.25, 0.3) is 0 Å². The molecule has 1 N–H and O–H groups in total. The Morgan fingerprint density at radius 1 is 1.28 bits per heavy atom. The highest BCUT2D eigenvalue weighted by Gasteiger charge is 2.28. The number of hydrogen-bond donors (Lipinski definition) is 1. The lowest BCUT2D eigenvalue weighted by atomic mass is 9.83. The Kier molecular flexibility index (Phi) is 6.69. The molecule has 0 aliphatic heterocycles. The average molecular weight is 255 g/mol. The third-order valence-electron chi connectivity index (χ3n) is 4.08. The number of hydrogen-bond acceptors (Lipinski definition) is 3. The molecule has 106 valence electrons. The molecule has 0 saturated heterocycles. The van der Waals surface area contributed by atoms with Crippen molar-refractivity contribution in [2.45, 2.75) is 71.4 Å². The number of ether oxygens (including phenoxy) is 1. The molecule has 0 spiro atoms. The van der Waals surface area contributed by atoms with E-state index in [1.165, 1.54) is 45.6 Å². The molecule has 18 heavy (non-hydrogen) atoms. The van der Waals surface area contributed by atoms with Crippen molar-refractivity contribution in [3.63, 3.8) is 0 Å². The first-order chi connectivity index (χ1) is 8.58. The molecule has 3 nitrogen and oxygen atoms in total. The molecule has 0 heterocycles. The van der Waals surface area contributed by atoms with Crippen LogP contribution in [0.1, 0.15) is 59.3 Å². The number of nitrogens with one attached hydrogen (secondary N) is 1. The molecule has 1 aliphatic rings. The summed E-state index contributed by atoms with van der Waals surface area (Å²) in [5, 5.41) is 3.49. The molecule has 0 amide bonds. The third-order valence-corrected chi connectivity index (χ3v) is 4.08. The van der Waals surface area contributed by atoms with Crippen molar-refractivity contribution in [2.75, 3.05) is 7.11 Å². The number of esters is 1. The molecular weight excluding hydrogens is 226 g/mol. The van der Waals surface area contributed by atoms with Gasteiger partial charge < -0.3 is 10.1 Å². The zero-order chi connectivity index (χ0) is 13.5. The molecule has 1 rings (SSSR count). The fourth-order valence-electron chi connectivity index (χ4n) is 2.94. The van der Waals surface area contributed by atoms with Gasteiger partial charge in [-0.2, -0.15) is 0 Å². The van der Waals surface area contributed by atoms with E-state index in [4.69, 9.17) is 4.74 Å². The standard InChI is InChI=1S/C15H29NO2/c1-5-6-12-7-9-13(10-8-12)16-14(11(2)3)15(17)18-4/h11-14,16H,5-10H2,1-4H3/t12?,13?,14-/m1/s1. The van der Waals surface area contributed by atoms with Crippen molar-refractivity contribution < 1.29 is 9.53 Å². The molecule has 0 aromatic rings. The predicted molar refractivity (Wildman–Crippen MR) is 74.4 cm³/mol. The van der Waals surface area contributed by atoms with Crippen molar-refractivity contribution in [3.05, 3.63) is 0 Å². The van der Waals surface area contributed by atoms with Crippen LogP contribution in [0.4, 0.5) is 0 Å². The highest BCUT2D eigenvalue weighted by atomic mass is 16.5. The largest absolute Gasteiger partial charge is 0.468 e. The van der Waals surface area contributed by atoms with E-state index in [1.54, 1.807) is 0 Å². The van der Waals surface area contributed by atoms with Gasteiger partial charge in [0.15, 0.2) is 0 Å².